The second kappa shape index (κ2) is 9.33. The molecule has 1 saturated heterocycles. The van der Waals surface area contributed by atoms with Crippen LogP contribution in [0, 0.1) is 4.77 Å². The largest absolute Gasteiger partial charge is 0.365 e. The van der Waals surface area contributed by atoms with E-state index in [1.165, 1.54) is 0 Å². The van der Waals surface area contributed by atoms with E-state index >= 15 is 0 Å². The lowest BCUT2D eigenvalue weighted by Gasteiger charge is -2.34. The third-order valence-corrected chi connectivity index (χ3v) is 5.89. The summed E-state index contributed by atoms with van der Waals surface area (Å²) in [7, 11) is 0. The Kier molecular flexibility index (Phi) is 5.95. The smallest absolute Gasteiger partial charge is 0.253 e. The number of rotatable bonds is 5. The van der Waals surface area contributed by atoms with Crippen molar-refractivity contribution in [1.29, 1.82) is 0 Å². The minimum atomic E-state index is 0.0464. The topological polar surface area (TPSA) is 90.0 Å². The lowest BCUT2D eigenvalue weighted by molar-refractivity contribution is 0.0746. The molecule has 0 spiro atoms. The van der Waals surface area contributed by atoms with Crippen molar-refractivity contribution in [2.45, 2.75) is 6.54 Å². The molecule has 0 aliphatic carbocycles. The number of hydrogen-bond donors (Lipinski definition) is 2. The maximum atomic E-state index is 13.0. The Hall–Kier alpha value is -3.85. The molecule has 8 nitrogen and oxygen atoms in total. The molecule has 0 saturated carbocycles. The zero-order valence-corrected chi connectivity index (χ0v) is 18.8. The van der Waals surface area contributed by atoms with Gasteiger partial charge in [0, 0.05) is 56.1 Å². The molecular formula is C24H23N7OS. The summed E-state index contributed by atoms with van der Waals surface area (Å²) in [5.74, 6) is 1.50. The SMILES string of the molecule is O=C(c1ccc(CNc2nc(=S)[nH]c3ccccc23)cc1)N1CCN(c2ncccn2)CC1. The molecule has 0 atom stereocenters. The van der Waals surface area contributed by atoms with Gasteiger partial charge in [0.05, 0.1) is 5.52 Å². The van der Waals surface area contributed by atoms with Gasteiger partial charge < -0.3 is 20.1 Å². The molecule has 4 aromatic rings. The molecule has 0 radical (unpaired) electrons. The average molecular weight is 458 g/mol. The molecule has 1 fully saturated rings. The molecule has 1 aliphatic rings. The van der Waals surface area contributed by atoms with E-state index in [1.54, 1.807) is 18.5 Å². The van der Waals surface area contributed by atoms with Crippen molar-refractivity contribution in [3.05, 3.63) is 82.9 Å². The summed E-state index contributed by atoms with van der Waals surface area (Å²) in [6.45, 7) is 3.32. The lowest BCUT2D eigenvalue weighted by atomic mass is 10.1. The van der Waals surface area contributed by atoms with E-state index in [0.29, 0.717) is 35.9 Å². The van der Waals surface area contributed by atoms with Crippen LogP contribution in [0.4, 0.5) is 11.8 Å². The predicted molar refractivity (Wildman–Crippen MR) is 131 cm³/mol. The molecule has 5 rings (SSSR count). The zero-order valence-electron chi connectivity index (χ0n) is 17.9. The van der Waals surface area contributed by atoms with Crippen molar-refractivity contribution in [1.82, 2.24) is 24.8 Å². The van der Waals surface area contributed by atoms with Crippen molar-refractivity contribution < 1.29 is 4.79 Å². The summed E-state index contributed by atoms with van der Waals surface area (Å²) in [4.78, 5) is 33.1. The minimum Gasteiger partial charge on any atom is -0.365 e. The third kappa shape index (κ3) is 4.68. The Morgan fingerprint density at radius 2 is 1.70 bits per heavy atom. The Morgan fingerprint density at radius 1 is 0.970 bits per heavy atom. The number of nitrogens with one attached hydrogen (secondary N) is 2. The molecule has 2 aromatic heterocycles. The van der Waals surface area contributed by atoms with Gasteiger partial charge >= 0.3 is 0 Å². The number of carbonyl (C=O) groups is 1. The van der Waals surface area contributed by atoms with Crippen LogP contribution in [0.5, 0.6) is 0 Å². The Labute approximate surface area is 196 Å². The van der Waals surface area contributed by atoms with Crippen molar-refractivity contribution >= 4 is 40.8 Å². The quantitative estimate of drug-likeness (QED) is 0.442. The van der Waals surface area contributed by atoms with Crippen molar-refractivity contribution in [3.8, 4) is 0 Å². The summed E-state index contributed by atoms with van der Waals surface area (Å²) in [6.07, 6.45) is 3.47. The van der Waals surface area contributed by atoms with Gasteiger partial charge in [-0.2, -0.15) is 0 Å². The van der Waals surface area contributed by atoms with Gasteiger partial charge in [-0.1, -0.05) is 24.3 Å². The Morgan fingerprint density at radius 3 is 2.45 bits per heavy atom. The molecule has 0 unspecified atom stereocenters. The molecular weight excluding hydrogens is 434 g/mol. The minimum absolute atomic E-state index is 0.0464. The fraction of sp³-hybridized carbons (Fsp3) is 0.208. The van der Waals surface area contributed by atoms with E-state index in [4.69, 9.17) is 12.2 Å². The first-order chi connectivity index (χ1) is 16.2. The average Bonchev–Trinajstić information content (AvgIpc) is 2.88. The van der Waals surface area contributed by atoms with Crippen molar-refractivity contribution in [2.24, 2.45) is 0 Å². The fourth-order valence-electron chi connectivity index (χ4n) is 3.94. The van der Waals surface area contributed by atoms with Crippen molar-refractivity contribution in [2.75, 3.05) is 36.4 Å². The molecule has 0 bridgehead atoms. The standard InChI is InChI=1S/C24H23N7OS/c32-22(30-12-14-31(15-13-30)23-25-10-3-11-26-23)18-8-6-17(7-9-18)16-27-21-19-4-1-2-5-20(19)28-24(33)29-21/h1-11H,12-16H2,(H2,27,28,29,33). The summed E-state index contributed by atoms with van der Waals surface area (Å²) in [6, 6.07) is 17.4. The highest BCUT2D eigenvalue weighted by atomic mass is 32.1. The van der Waals surface area contributed by atoms with Crippen LogP contribution < -0.4 is 10.2 Å². The van der Waals surface area contributed by atoms with Gasteiger partial charge in [0.25, 0.3) is 5.91 Å². The number of aromatic nitrogens is 4. The van der Waals surface area contributed by atoms with Crippen LogP contribution in [-0.4, -0.2) is 56.9 Å². The van der Waals surface area contributed by atoms with Crippen LogP contribution >= 0.6 is 12.2 Å². The number of piperazine rings is 1. The normalized spacial score (nSPS) is 13.8. The van der Waals surface area contributed by atoms with E-state index in [9.17, 15) is 4.79 Å². The molecule has 3 heterocycles. The van der Waals surface area contributed by atoms with E-state index in [0.717, 1.165) is 35.4 Å². The molecule has 1 amide bonds. The number of amides is 1. The van der Waals surface area contributed by atoms with E-state index in [2.05, 4.69) is 30.2 Å². The van der Waals surface area contributed by atoms with Crippen LogP contribution in [-0.2, 0) is 6.54 Å². The van der Waals surface area contributed by atoms with Crippen molar-refractivity contribution in [3.63, 3.8) is 0 Å². The predicted octanol–water partition coefficient (Wildman–Crippen LogP) is 3.66. The monoisotopic (exact) mass is 457 g/mol. The van der Waals surface area contributed by atoms with E-state index < -0.39 is 0 Å². The number of nitrogens with zero attached hydrogens (tertiary/aromatic N) is 5. The summed E-state index contributed by atoms with van der Waals surface area (Å²) >= 11 is 5.24. The van der Waals surface area contributed by atoms with Crippen LogP contribution in [0.15, 0.2) is 67.0 Å². The van der Waals surface area contributed by atoms with Crippen LogP contribution in [0.1, 0.15) is 15.9 Å². The lowest BCUT2D eigenvalue weighted by Crippen LogP contribution is -2.49. The van der Waals surface area contributed by atoms with Crippen LogP contribution in [0.25, 0.3) is 10.9 Å². The number of aromatic amines is 1. The number of fused-ring (bicyclic) bond motifs is 1. The number of anilines is 2. The van der Waals surface area contributed by atoms with E-state index in [-0.39, 0.29) is 5.91 Å². The first kappa shape index (κ1) is 21.0. The van der Waals surface area contributed by atoms with E-state index in [1.807, 2.05) is 53.4 Å². The van der Waals surface area contributed by atoms with Gasteiger partial charge in [0.1, 0.15) is 5.82 Å². The summed E-state index contributed by atoms with van der Waals surface area (Å²) in [5.41, 5.74) is 2.69. The maximum absolute atomic E-state index is 13.0. The van der Waals surface area contributed by atoms with Gasteiger partial charge in [0.2, 0.25) is 5.95 Å². The second-order valence-corrected chi connectivity index (χ2v) is 8.20. The molecule has 166 valence electrons. The molecule has 33 heavy (non-hydrogen) atoms. The highest BCUT2D eigenvalue weighted by Gasteiger charge is 2.23. The first-order valence-electron chi connectivity index (χ1n) is 10.8. The van der Waals surface area contributed by atoms with Gasteiger partial charge in [0.15, 0.2) is 4.77 Å². The number of hydrogen-bond acceptors (Lipinski definition) is 7. The van der Waals surface area contributed by atoms with Gasteiger partial charge in [-0.3, -0.25) is 4.79 Å². The summed E-state index contributed by atoms with van der Waals surface area (Å²) < 4.78 is 0.441. The van der Waals surface area contributed by atoms with Crippen LogP contribution in [0.2, 0.25) is 0 Å². The Bertz CT molecular complexity index is 1320. The fourth-order valence-corrected chi connectivity index (χ4v) is 4.14. The highest BCUT2D eigenvalue weighted by Crippen LogP contribution is 2.20. The molecule has 2 N–H and O–H groups in total. The van der Waals surface area contributed by atoms with Gasteiger partial charge in [-0.05, 0) is 48.1 Å². The first-order valence-corrected chi connectivity index (χ1v) is 11.2. The Balaban J connectivity index is 1.21. The number of para-hydroxylation sites is 1. The number of carbonyl (C=O) groups excluding carboxylic acids is 1. The highest BCUT2D eigenvalue weighted by molar-refractivity contribution is 7.71. The van der Waals surface area contributed by atoms with Gasteiger partial charge in [-0.15, -0.1) is 0 Å². The molecule has 9 heteroatoms. The molecule has 2 aromatic carbocycles. The summed E-state index contributed by atoms with van der Waals surface area (Å²) in [5, 5.41) is 4.35. The molecule has 1 aliphatic heterocycles. The second-order valence-electron chi connectivity index (χ2n) is 7.81. The maximum Gasteiger partial charge on any atom is 0.253 e. The number of benzene rings is 2. The third-order valence-electron chi connectivity index (χ3n) is 5.70. The van der Waals surface area contributed by atoms with Crippen LogP contribution in [0.3, 0.4) is 0 Å². The number of H-pyrrole nitrogens is 1. The van der Waals surface area contributed by atoms with Gasteiger partial charge in [-0.25, -0.2) is 15.0 Å². The zero-order chi connectivity index (χ0) is 22.6.